The molecule has 178 valence electrons. The fourth-order valence-corrected chi connectivity index (χ4v) is 6.07. The van der Waals surface area contributed by atoms with Crippen LogP contribution in [0.15, 0.2) is 46.9 Å². The molecule has 0 saturated carbocycles. The Balaban J connectivity index is 1.57. The number of carbonyl (C=O) groups is 1. The standard InChI is InChI=1S/C23H31N3O6Si/c1-4-29-33(30-5-2,31-6-3)15-9-14-24-23(28)25-17-12-13-20(27)18(16-17)22-26-19-10-7-8-11-21(19)32-22/h7-8,10-13,16,27H,4-6,9,14-15H2,1-3H3,(H2,24,25,28). The molecule has 3 aromatic rings. The smallest absolute Gasteiger partial charge is 0.500 e. The molecule has 0 unspecified atom stereocenters. The maximum absolute atomic E-state index is 12.4. The third-order valence-electron chi connectivity index (χ3n) is 4.82. The number of anilines is 1. The quantitative estimate of drug-likeness (QED) is 0.197. The highest BCUT2D eigenvalue weighted by molar-refractivity contribution is 6.60. The Labute approximate surface area is 194 Å². The fourth-order valence-electron chi connectivity index (χ4n) is 3.46. The van der Waals surface area contributed by atoms with Crippen molar-refractivity contribution in [1.82, 2.24) is 10.3 Å². The SMILES string of the molecule is CCO[Si](CCCNC(=O)Nc1ccc(O)c(-c2nc3ccccc3o2)c1)(OCC)OCC. The number of hydrogen-bond acceptors (Lipinski definition) is 7. The van der Waals surface area contributed by atoms with Crippen LogP contribution in [0, 0.1) is 0 Å². The largest absolute Gasteiger partial charge is 0.507 e. The van der Waals surface area contributed by atoms with Crippen LogP contribution in [-0.4, -0.2) is 51.3 Å². The van der Waals surface area contributed by atoms with Gasteiger partial charge in [0.25, 0.3) is 0 Å². The molecule has 0 atom stereocenters. The van der Waals surface area contributed by atoms with E-state index in [-0.39, 0.29) is 17.7 Å². The van der Waals surface area contributed by atoms with E-state index in [0.29, 0.717) is 61.2 Å². The second-order valence-electron chi connectivity index (χ2n) is 7.19. The van der Waals surface area contributed by atoms with Crippen LogP contribution in [0.5, 0.6) is 5.75 Å². The first-order chi connectivity index (χ1) is 16.0. The zero-order valence-electron chi connectivity index (χ0n) is 19.2. The number of para-hydroxylation sites is 2. The summed E-state index contributed by atoms with van der Waals surface area (Å²) < 4.78 is 23.2. The summed E-state index contributed by atoms with van der Waals surface area (Å²) in [6.07, 6.45) is 0.656. The molecule has 3 N–H and O–H groups in total. The molecular formula is C23H31N3O6Si. The summed E-state index contributed by atoms with van der Waals surface area (Å²) in [5, 5.41) is 15.9. The number of benzene rings is 2. The lowest BCUT2D eigenvalue weighted by Crippen LogP contribution is -2.46. The first kappa shape index (κ1) is 24.7. The highest BCUT2D eigenvalue weighted by Gasteiger charge is 2.39. The topological polar surface area (TPSA) is 115 Å². The monoisotopic (exact) mass is 473 g/mol. The van der Waals surface area contributed by atoms with Gasteiger partial charge in [0.2, 0.25) is 5.89 Å². The van der Waals surface area contributed by atoms with Gasteiger partial charge in [0.15, 0.2) is 5.58 Å². The van der Waals surface area contributed by atoms with E-state index in [1.807, 2.05) is 39.0 Å². The number of carbonyl (C=O) groups excluding carboxylic acids is 1. The molecule has 1 heterocycles. The van der Waals surface area contributed by atoms with Gasteiger partial charge in [-0.05, 0) is 57.5 Å². The van der Waals surface area contributed by atoms with Crippen molar-refractivity contribution in [3.63, 3.8) is 0 Å². The van der Waals surface area contributed by atoms with E-state index in [4.69, 9.17) is 17.7 Å². The molecule has 2 aromatic carbocycles. The zero-order chi connectivity index (χ0) is 23.7. The number of hydrogen-bond donors (Lipinski definition) is 3. The molecule has 0 aliphatic carbocycles. The summed E-state index contributed by atoms with van der Waals surface area (Å²) in [6, 6.07) is 12.3. The maximum Gasteiger partial charge on any atom is 0.500 e. The van der Waals surface area contributed by atoms with E-state index >= 15 is 0 Å². The molecule has 2 amide bonds. The minimum absolute atomic E-state index is 0.0107. The highest BCUT2D eigenvalue weighted by Crippen LogP contribution is 2.33. The van der Waals surface area contributed by atoms with Crippen molar-refractivity contribution < 1.29 is 27.6 Å². The van der Waals surface area contributed by atoms with Crippen molar-refractivity contribution in [2.75, 3.05) is 31.7 Å². The first-order valence-electron chi connectivity index (χ1n) is 11.2. The Morgan fingerprint density at radius 3 is 2.42 bits per heavy atom. The lowest BCUT2D eigenvalue weighted by molar-refractivity contribution is 0.0708. The summed E-state index contributed by atoms with van der Waals surface area (Å²) in [5.74, 6) is 0.290. The van der Waals surface area contributed by atoms with Crippen LogP contribution in [0.4, 0.5) is 10.5 Å². The Kier molecular flexibility index (Phi) is 8.84. The Hall–Kier alpha value is -2.92. The predicted octanol–water partition coefficient (Wildman–Crippen LogP) is 4.76. The van der Waals surface area contributed by atoms with Crippen molar-refractivity contribution in [2.45, 2.75) is 33.2 Å². The van der Waals surface area contributed by atoms with Crippen molar-refractivity contribution in [3.05, 3.63) is 42.5 Å². The van der Waals surface area contributed by atoms with Gasteiger partial charge in [-0.15, -0.1) is 0 Å². The zero-order valence-corrected chi connectivity index (χ0v) is 20.2. The van der Waals surface area contributed by atoms with Gasteiger partial charge >= 0.3 is 14.8 Å². The molecule has 9 nitrogen and oxygen atoms in total. The summed E-state index contributed by atoms with van der Waals surface area (Å²) >= 11 is 0. The average Bonchev–Trinajstić information content (AvgIpc) is 3.23. The minimum atomic E-state index is -2.72. The summed E-state index contributed by atoms with van der Waals surface area (Å²) in [7, 11) is -2.72. The molecule has 33 heavy (non-hydrogen) atoms. The molecule has 0 aliphatic heterocycles. The summed E-state index contributed by atoms with van der Waals surface area (Å²) in [5.41, 5.74) is 2.21. The van der Waals surface area contributed by atoms with Gasteiger partial charge < -0.3 is 33.4 Å². The number of phenolic OH excluding ortho intramolecular Hbond substituents is 1. The van der Waals surface area contributed by atoms with Gasteiger partial charge in [0.1, 0.15) is 11.3 Å². The summed E-state index contributed by atoms with van der Waals surface area (Å²) in [6.45, 7) is 7.73. The Bertz CT molecular complexity index is 1010. The minimum Gasteiger partial charge on any atom is -0.507 e. The van der Waals surface area contributed by atoms with E-state index in [1.165, 1.54) is 6.07 Å². The van der Waals surface area contributed by atoms with E-state index in [2.05, 4.69) is 15.6 Å². The third kappa shape index (κ3) is 6.54. The number of rotatable bonds is 12. The van der Waals surface area contributed by atoms with Crippen LogP contribution in [0.1, 0.15) is 27.2 Å². The third-order valence-corrected chi connectivity index (χ3v) is 7.97. The van der Waals surface area contributed by atoms with E-state index in [9.17, 15) is 9.90 Å². The fraction of sp³-hybridized carbons (Fsp3) is 0.391. The molecular weight excluding hydrogens is 442 g/mol. The van der Waals surface area contributed by atoms with Gasteiger partial charge in [-0.25, -0.2) is 9.78 Å². The lowest BCUT2D eigenvalue weighted by atomic mass is 10.1. The second kappa shape index (κ2) is 11.8. The molecule has 0 aliphatic rings. The van der Waals surface area contributed by atoms with Crippen LogP contribution in [0.2, 0.25) is 6.04 Å². The number of amides is 2. The van der Waals surface area contributed by atoms with Gasteiger partial charge in [0.05, 0.1) is 5.56 Å². The van der Waals surface area contributed by atoms with E-state index < -0.39 is 8.80 Å². The molecule has 0 fully saturated rings. The van der Waals surface area contributed by atoms with Gasteiger partial charge in [-0.1, -0.05) is 12.1 Å². The van der Waals surface area contributed by atoms with Gasteiger partial charge in [0, 0.05) is 38.1 Å². The van der Waals surface area contributed by atoms with Crippen molar-refractivity contribution in [1.29, 1.82) is 0 Å². The normalized spacial score (nSPS) is 11.6. The molecule has 0 saturated heterocycles. The molecule has 0 radical (unpaired) electrons. The number of aromatic hydroxyl groups is 1. The molecule has 3 rings (SSSR count). The van der Waals surface area contributed by atoms with Crippen LogP contribution < -0.4 is 10.6 Å². The van der Waals surface area contributed by atoms with Crippen LogP contribution in [-0.2, 0) is 13.3 Å². The van der Waals surface area contributed by atoms with E-state index in [1.54, 1.807) is 18.2 Å². The lowest BCUT2D eigenvalue weighted by Gasteiger charge is -2.28. The number of aromatic nitrogens is 1. The Morgan fingerprint density at radius 2 is 1.76 bits per heavy atom. The number of nitrogens with zero attached hydrogens (tertiary/aromatic N) is 1. The highest BCUT2D eigenvalue weighted by atomic mass is 28.4. The average molecular weight is 474 g/mol. The van der Waals surface area contributed by atoms with Crippen LogP contribution in [0.25, 0.3) is 22.6 Å². The second-order valence-corrected chi connectivity index (χ2v) is 9.92. The van der Waals surface area contributed by atoms with Crippen molar-refractivity contribution in [3.8, 4) is 17.2 Å². The van der Waals surface area contributed by atoms with Crippen LogP contribution in [0.3, 0.4) is 0 Å². The number of oxazole rings is 1. The van der Waals surface area contributed by atoms with Crippen LogP contribution >= 0.6 is 0 Å². The predicted molar refractivity (Wildman–Crippen MR) is 128 cm³/mol. The van der Waals surface area contributed by atoms with Gasteiger partial charge in [-0.3, -0.25) is 0 Å². The number of nitrogens with one attached hydrogen (secondary N) is 2. The van der Waals surface area contributed by atoms with Crippen molar-refractivity contribution in [2.24, 2.45) is 0 Å². The summed E-state index contributed by atoms with van der Waals surface area (Å²) in [4.78, 5) is 16.8. The Morgan fingerprint density at radius 1 is 1.06 bits per heavy atom. The number of fused-ring (bicyclic) bond motifs is 1. The first-order valence-corrected chi connectivity index (χ1v) is 13.1. The van der Waals surface area contributed by atoms with Gasteiger partial charge in [-0.2, -0.15) is 0 Å². The van der Waals surface area contributed by atoms with E-state index in [0.717, 1.165) is 0 Å². The molecule has 1 aromatic heterocycles. The maximum atomic E-state index is 12.4. The molecule has 0 bridgehead atoms. The number of urea groups is 1. The van der Waals surface area contributed by atoms with Crippen molar-refractivity contribution >= 4 is 31.6 Å². The molecule has 10 heteroatoms. The number of phenols is 1. The molecule has 0 spiro atoms.